The Morgan fingerprint density at radius 3 is 2.11 bits per heavy atom. The zero-order valence-electron chi connectivity index (χ0n) is 14.4. The molecule has 8 heteroatoms. The maximum Gasteiger partial charge on any atom is 0.329 e. The van der Waals surface area contributed by atoms with E-state index in [9.17, 15) is 19.2 Å². The van der Waals surface area contributed by atoms with Crippen LogP contribution in [0.2, 0.25) is 0 Å². The number of amides is 4. The third kappa shape index (κ3) is 6.62. The summed E-state index contributed by atoms with van der Waals surface area (Å²) in [5, 5.41) is 4.40. The van der Waals surface area contributed by atoms with E-state index in [1.54, 1.807) is 59.9 Å². The van der Waals surface area contributed by atoms with Gasteiger partial charge in [-0.15, -0.1) is 0 Å². The number of esters is 1. The van der Waals surface area contributed by atoms with Crippen LogP contribution in [0.5, 0.6) is 0 Å². The first-order chi connectivity index (χ1) is 13.0. The van der Waals surface area contributed by atoms with Gasteiger partial charge in [0.25, 0.3) is 11.8 Å². The predicted octanol–water partition coefficient (Wildman–Crippen LogP) is 0.766. The summed E-state index contributed by atoms with van der Waals surface area (Å²) >= 11 is 0. The van der Waals surface area contributed by atoms with Crippen LogP contribution in [0, 0.1) is 0 Å². The standard InChI is InChI=1S/C19H19N3O5/c20-19(26)22-16(23)12-27-18(25)15(11-13-7-3-1-4-8-13)21-17(24)14-9-5-2-6-10-14/h1-10,15H,11-12H2,(H,21,24)(H3,20,22,23,26)/t15-/m0/s1. The van der Waals surface area contributed by atoms with Gasteiger partial charge in [-0.2, -0.15) is 0 Å². The van der Waals surface area contributed by atoms with Gasteiger partial charge in [-0.1, -0.05) is 48.5 Å². The van der Waals surface area contributed by atoms with Crippen LogP contribution in [-0.4, -0.2) is 36.5 Å². The number of hydrogen-bond donors (Lipinski definition) is 3. The molecule has 2 aromatic carbocycles. The largest absolute Gasteiger partial charge is 0.454 e. The first kappa shape index (κ1) is 19.6. The molecule has 0 heterocycles. The van der Waals surface area contributed by atoms with Gasteiger partial charge in [-0.05, 0) is 17.7 Å². The van der Waals surface area contributed by atoms with Crippen LogP contribution in [0.15, 0.2) is 60.7 Å². The third-order valence-electron chi connectivity index (χ3n) is 3.52. The molecular weight excluding hydrogens is 350 g/mol. The van der Waals surface area contributed by atoms with Crippen LogP contribution >= 0.6 is 0 Å². The van der Waals surface area contributed by atoms with Crippen molar-refractivity contribution in [1.29, 1.82) is 0 Å². The Hall–Kier alpha value is -3.68. The number of carbonyl (C=O) groups is 4. The highest BCUT2D eigenvalue weighted by molar-refractivity contribution is 5.97. The first-order valence-corrected chi connectivity index (χ1v) is 8.11. The summed E-state index contributed by atoms with van der Waals surface area (Å²) in [5.41, 5.74) is 6.01. The molecule has 0 fully saturated rings. The number of imide groups is 1. The van der Waals surface area contributed by atoms with E-state index < -0.39 is 36.5 Å². The van der Waals surface area contributed by atoms with E-state index in [1.165, 1.54) is 0 Å². The van der Waals surface area contributed by atoms with Crippen molar-refractivity contribution >= 4 is 23.8 Å². The Morgan fingerprint density at radius 2 is 1.52 bits per heavy atom. The van der Waals surface area contributed by atoms with Crippen molar-refractivity contribution in [2.24, 2.45) is 5.73 Å². The van der Waals surface area contributed by atoms with Gasteiger partial charge in [0.05, 0.1) is 0 Å². The monoisotopic (exact) mass is 369 g/mol. The van der Waals surface area contributed by atoms with E-state index in [0.717, 1.165) is 5.56 Å². The average Bonchev–Trinajstić information content (AvgIpc) is 2.66. The van der Waals surface area contributed by atoms with Crippen molar-refractivity contribution in [2.45, 2.75) is 12.5 Å². The van der Waals surface area contributed by atoms with E-state index in [-0.39, 0.29) is 6.42 Å². The number of rotatable bonds is 7. The van der Waals surface area contributed by atoms with Gasteiger partial charge in [0, 0.05) is 12.0 Å². The molecule has 8 nitrogen and oxygen atoms in total. The maximum atomic E-state index is 12.4. The topological polar surface area (TPSA) is 128 Å². The van der Waals surface area contributed by atoms with Crippen molar-refractivity contribution in [3.8, 4) is 0 Å². The lowest BCUT2D eigenvalue weighted by Gasteiger charge is -2.18. The minimum absolute atomic E-state index is 0.176. The summed E-state index contributed by atoms with van der Waals surface area (Å²) in [6.07, 6.45) is 0.176. The van der Waals surface area contributed by atoms with Crippen molar-refractivity contribution in [1.82, 2.24) is 10.6 Å². The van der Waals surface area contributed by atoms with E-state index in [2.05, 4.69) is 5.32 Å². The lowest BCUT2D eigenvalue weighted by atomic mass is 10.1. The number of ether oxygens (including phenoxy) is 1. The molecule has 0 radical (unpaired) electrons. The van der Waals surface area contributed by atoms with Gasteiger partial charge in [-0.25, -0.2) is 9.59 Å². The summed E-state index contributed by atoms with van der Waals surface area (Å²) in [4.78, 5) is 46.8. The SMILES string of the molecule is NC(=O)NC(=O)COC(=O)[C@H](Cc1ccccc1)NC(=O)c1ccccc1. The fourth-order valence-corrected chi connectivity index (χ4v) is 2.28. The van der Waals surface area contributed by atoms with Crippen molar-refractivity contribution in [3.05, 3.63) is 71.8 Å². The van der Waals surface area contributed by atoms with Crippen LogP contribution in [0.25, 0.3) is 0 Å². The lowest BCUT2D eigenvalue weighted by molar-refractivity contribution is -0.150. The zero-order chi connectivity index (χ0) is 19.6. The second-order valence-electron chi connectivity index (χ2n) is 5.60. The van der Waals surface area contributed by atoms with Crippen LogP contribution < -0.4 is 16.4 Å². The third-order valence-corrected chi connectivity index (χ3v) is 3.52. The summed E-state index contributed by atoms with van der Waals surface area (Å²) in [7, 11) is 0. The van der Waals surface area contributed by atoms with Crippen molar-refractivity contribution < 1.29 is 23.9 Å². The Balaban J connectivity index is 2.06. The van der Waals surface area contributed by atoms with Gasteiger partial charge < -0.3 is 15.8 Å². The number of benzene rings is 2. The molecule has 0 saturated heterocycles. The highest BCUT2D eigenvalue weighted by Gasteiger charge is 2.24. The lowest BCUT2D eigenvalue weighted by Crippen LogP contribution is -2.45. The second-order valence-corrected chi connectivity index (χ2v) is 5.60. The quantitative estimate of drug-likeness (QED) is 0.621. The zero-order valence-corrected chi connectivity index (χ0v) is 14.4. The molecule has 2 aromatic rings. The van der Waals surface area contributed by atoms with E-state index in [1.807, 2.05) is 6.07 Å². The maximum absolute atomic E-state index is 12.4. The summed E-state index contributed by atoms with van der Waals surface area (Å²) < 4.78 is 4.90. The van der Waals surface area contributed by atoms with Crippen LogP contribution in [0.3, 0.4) is 0 Å². The molecule has 0 unspecified atom stereocenters. The molecule has 0 aliphatic carbocycles. The number of hydrogen-bond acceptors (Lipinski definition) is 5. The Bertz CT molecular complexity index is 809. The number of nitrogens with two attached hydrogens (primary N) is 1. The van der Waals surface area contributed by atoms with Gasteiger partial charge in [0.15, 0.2) is 6.61 Å². The fourth-order valence-electron chi connectivity index (χ4n) is 2.28. The van der Waals surface area contributed by atoms with Gasteiger partial charge in [0.1, 0.15) is 6.04 Å². The number of nitrogens with one attached hydrogen (secondary N) is 2. The van der Waals surface area contributed by atoms with E-state index >= 15 is 0 Å². The molecule has 0 aliphatic heterocycles. The molecule has 140 valence electrons. The first-order valence-electron chi connectivity index (χ1n) is 8.11. The molecular formula is C19H19N3O5. The summed E-state index contributed by atoms with van der Waals surface area (Å²) in [6, 6.07) is 15.4. The van der Waals surface area contributed by atoms with Gasteiger partial charge in [-0.3, -0.25) is 14.9 Å². The smallest absolute Gasteiger partial charge is 0.329 e. The minimum atomic E-state index is -1.05. The Labute approximate surface area is 155 Å². The molecule has 0 aromatic heterocycles. The van der Waals surface area contributed by atoms with Crippen LogP contribution in [0.1, 0.15) is 15.9 Å². The molecule has 0 bridgehead atoms. The van der Waals surface area contributed by atoms with E-state index in [0.29, 0.717) is 5.56 Å². The highest BCUT2D eigenvalue weighted by Crippen LogP contribution is 2.07. The van der Waals surface area contributed by atoms with Crippen LogP contribution in [-0.2, 0) is 20.7 Å². The summed E-state index contributed by atoms with van der Waals surface area (Å²) in [5.74, 6) is -2.11. The molecule has 4 amide bonds. The molecule has 0 spiro atoms. The molecule has 0 saturated carbocycles. The van der Waals surface area contributed by atoms with Crippen molar-refractivity contribution in [2.75, 3.05) is 6.61 Å². The molecule has 27 heavy (non-hydrogen) atoms. The Morgan fingerprint density at radius 1 is 0.926 bits per heavy atom. The summed E-state index contributed by atoms with van der Waals surface area (Å²) in [6.45, 7) is -0.686. The fraction of sp³-hybridized carbons (Fsp3) is 0.158. The normalized spacial score (nSPS) is 11.1. The minimum Gasteiger partial charge on any atom is -0.454 e. The van der Waals surface area contributed by atoms with E-state index in [4.69, 9.17) is 10.5 Å². The molecule has 1 atom stereocenters. The number of carbonyl (C=O) groups excluding carboxylic acids is 4. The molecule has 2 rings (SSSR count). The van der Waals surface area contributed by atoms with Gasteiger partial charge >= 0.3 is 12.0 Å². The molecule has 4 N–H and O–H groups in total. The predicted molar refractivity (Wildman–Crippen MR) is 96.5 cm³/mol. The average molecular weight is 369 g/mol. The highest BCUT2D eigenvalue weighted by atomic mass is 16.5. The van der Waals surface area contributed by atoms with Crippen molar-refractivity contribution in [3.63, 3.8) is 0 Å². The van der Waals surface area contributed by atoms with Crippen LogP contribution in [0.4, 0.5) is 4.79 Å². The number of primary amides is 1. The number of urea groups is 1. The second kappa shape index (κ2) is 9.71. The molecule has 0 aliphatic rings. The Kier molecular flexibility index (Phi) is 7.07. The van der Waals surface area contributed by atoms with Gasteiger partial charge in [0.2, 0.25) is 0 Å².